The molecule has 0 aliphatic carbocycles. The molecule has 1 N–H and O–H groups in total. The van der Waals surface area contributed by atoms with Crippen molar-refractivity contribution in [3.05, 3.63) is 36.4 Å². The summed E-state index contributed by atoms with van der Waals surface area (Å²) in [6.07, 6.45) is 1.39. The molecular formula is C12H14N2O3S. The first kappa shape index (κ1) is 12.6. The minimum absolute atomic E-state index is 0.112. The van der Waals surface area contributed by atoms with Gasteiger partial charge in [0.1, 0.15) is 0 Å². The third-order valence-corrected chi connectivity index (χ3v) is 4.38. The molecular weight excluding hydrogens is 252 g/mol. The van der Waals surface area contributed by atoms with E-state index in [-0.39, 0.29) is 12.2 Å². The Bertz CT molecular complexity index is 608. The van der Waals surface area contributed by atoms with Gasteiger partial charge in [-0.15, -0.1) is 6.58 Å². The normalized spacial score (nSPS) is 14.5. The highest BCUT2D eigenvalue weighted by Crippen LogP contribution is 2.33. The van der Waals surface area contributed by atoms with Gasteiger partial charge >= 0.3 is 0 Å². The molecule has 96 valence electrons. The van der Waals surface area contributed by atoms with Crippen LogP contribution in [0.3, 0.4) is 0 Å². The number of anilines is 2. The number of nitrogens with zero attached hydrogens (tertiary/aromatic N) is 1. The van der Waals surface area contributed by atoms with Crippen molar-refractivity contribution in [3.63, 3.8) is 0 Å². The second kappa shape index (κ2) is 4.45. The highest BCUT2D eigenvalue weighted by atomic mass is 32.2. The van der Waals surface area contributed by atoms with Crippen LogP contribution in [0, 0.1) is 0 Å². The standard InChI is InChI=1S/C12H14N2O3S/c1-3-6-18(16,17)14-11-5-4-10(13-2)7-9(11)8-12(14)15/h3-5,7,13H,1,6,8H2,2H3. The van der Waals surface area contributed by atoms with Crippen molar-refractivity contribution in [1.82, 2.24) is 0 Å². The zero-order valence-corrected chi connectivity index (χ0v) is 10.8. The van der Waals surface area contributed by atoms with Crippen LogP contribution in [-0.4, -0.2) is 27.1 Å². The van der Waals surface area contributed by atoms with E-state index in [0.29, 0.717) is 5.69 Å². The van der Waals surface area contributed by atoms with Crippen LogP contribution < -0.4 is 9.62 Å². The Hall–Kier alpha value is -1.82. The zero-order chi connectivity index (χ0) is 13.3. The molecule has 1 aliphatic rings. The minimum atomic E-state index is -3.65. The summed E-state index contributed by atoms with van der Waals surface area (Å²) in [5.74, 6) is -0.661. The first-order valence-electron chi connectivity index (χ1n) is 5.47. The van der Waals surface area contributed by atoms with Crippen molar-refractivity contribution in [3.8, 4) is 0 Å². The molecule has 0 fully saturated rings. The first-order valence-corrected chi connectivity index (χ1v) is 7.08. The van der Waals surface area contributed by atoms with Gasteiger partial charge in [-0.3, -0.25) is 4.79 Å². The number of carbonyl (C=O) groups excluding carboxylic acids is 1. The van der Waals surface area contributed by atoms with Gasteiger partial charge in [-0.25, -0.2) is 12.7 Å². The van der Waals surface area contributed by atoms with E-state index < -0.39 is 15.9 Å². The molecule has 1 heterocycles. The lowest BCUT2D eigenvalue weighted by Crippen LogP contribution is -2.35. The average molecular weight is 266 g/mol. The Morgan fingerprint density at radius 3 is 2.83 bits per heavy atom. The summed E-state index contributed by atoms with van der Waals surface area (Å²) in [7, 11) is -1.88. The Balaban J connectivity index is 2.49. The summed E-state index contributed by atoms with van der Waals surface area (Å²) in [5, 5.41) is 2.95. The SMILES string of the molecule is C=CCS(=O)(=O)N1C(=O)Cc2cc(NC)ccc21. The number of hydrogen-bond acceptors (Lipinski definition) is 4. The Kier molecular flexibility index (Phi) is 3.13. The van der Waals surface area contributed by atoms with E-state index in [2.05, 4.69) is 11.9 Å². The monoisotopic (exact) mass is 266 g/mol. The molecule has 0 aromatic heterocycles. The van der Waals surface area contributed by atoms with E-state index in [1.54, 1.807) is 25.2 Å². The molecule has 1 aliphatic heterocycles. The highest BCUT2D eigenvalue weighted by molar-refractivity contribution is 7.93. The molecule has 5 nitrogen and oxygen atoms in total. The topological polar surface area (TPSA) is 66.5 Å². The number of hydrogen-bond donors (Lipinski definition) is 1. The van der Waals surface area contributed by atoms with Gasteiger partial charge < -0.3 is 5.32 Å². The summed E-state index contributed by atoms with van der Waals surface area (Å²) in [5.41, 5.74) is 2.02. The largest absolute Gasteiger partial charge is 0.388 e. The van der Waals surface area contributed by atoms with Gasteiger partial charge in [-0.05, 0) is 23.8 Å². The van der Waals surface area contributed by atoms with Crippen LogP contribution in [0.4, 0.5) is 11.4 Å². The van der Waals surface area contributed by atoms with E-state index >= 15 is 0 Å². The van der Waals surface area contributed by atoms with Gasteiger partial charge in [0, 0.05) is 12.7 Å². The third-order valence-electron chi connectivity index (χ3n) is 2.76. The van der Waals surface area contributed by atoms with Gasteiger partial charge in [0.05, 0.1) is 17.9 Å². The van der Waals surface area contributed by atoms with Crippen molar-refractivity contribution in [2.45, 2.75) is 6.42 Å². The number of nitrogens with one attached hydrogen (secondary N) is 1. The van der Waals surface area contributed by atoms with Crippen LogP contribution >= 0.6 is 0 Å². The third kappa shape index (κ3) is 1.99. The quantitative estimate of drug-likeness (QED) is 0.830. The second-order valence-corrected chi connectivity index (χ2v) is 5.86. The molecule has 0 atom stereocenters. The maximum atomic E-state index is 12.0. The molecule has 0 bridgehead atoms. The molecule has 0 unspecified atom stereocenters. The molecule has 6 heteroatoms. The van der Waals surface area contributed by atoms with Gasteiger partial charge in [0.25, 0.3) is 0 Å². The van der Waals surface area contributed by atoms with Crippen molar-refractivity contribution >= 4 is 27.3 Å². The Morgan fingerprint density at radius 2 is 2.22 bits per heavy atom. The maximum Gasteiger partial charge on any atom is 0.245 e. The van der Waals surface area contributed by atoms with Gasteiger partial charge in [0.2, 0.25) is 15.9 Å². The lowest BCUT2D eigenvalue weighted by atomic mass is 10.1. The van der Waals surface area contributed by atoms with Crippen LogP contribution in [-0.2, 0) is 21.2 Å². The summed E-state index contributed by atoms with van der Waals surface area (Å²) in [6, 6.07) is 5.18. The smallest absolute Gasteiger partial charge is 0.245 e. The van der Waals surface area contributed by atoms with E-state index in [1.807, 2.05) is 0 Å². The maximum absolute atomic E-state index is 12.0. The molecule has 0 spiro atoms. The molecule has 0 saturated carbocycles. The van der Waals surface area contributed by atoms with Gasteiger partial charge in [0.15, 0.2) is 0 Å². The lowest BCUT2D eigenvalue weighted by Gasteiger charge is -2.16. The number of sulfonamides is 1. The fraction of sp³-hybridized carbons (Fsp3) is 0.250. The van der Waals surface area contributed by atoms with Gasteiger partial charge in [-0.2, -0.15) is 0 Å². The van der Waals surface area contributed by atoms with Crippen molar-refractivity contribution in [1.29, 1.82) is 0 Å². The predicted octanol–water partition coefficient (Wildman–Crippen LogP) is 1.13. The van der Waals surface area contributed by atoms with E-state index in [9.17, 15) is 13.2 Å². The molecule has 0 radical (unpaired) electrons. The van der Waals surface area contributed by atoms with E-state index in [4.69, 9.17) is 0 Å². The van der Waals surface area contributed by atoms with Crippen molar-refractivity contribution in [2.24, 2.45) is 0 Å². The van der Waals surface area contributed by atoms with Crippen LogP contribution in [0.1, 0.15) is 5.56 Å². The number of rotatable bonds is 4. The van der Waals surface area contributed by atoms with E-state index in [1.165, 1.54) is 6.08 Å². The molecule has 1 aromatic rings. The predicted molar refractivity (Wildman–Crippen MR) is 71.2 cm³/mol. The number of amides is 1. The van der Waals surface area contributed by atoms with Gasteiger partial charge in [-0.1, -0.05) is 6.08 Å². The molecule has 0 saturated heterocycles. The van der Waals surface area contributed by atoms with Crippen LogP contribution in [0.5, 0.6) is 0 Å². The fourth-order valence-electron chi connectivity index (χ4n) is 1.98. The van der Waals surface area contributed by atoms with Crippen LogP contribution in [0.15, 0.2) is 30.9 Å². The average Bonchev–Trinajstić information content (AvgIpc) is 2.64. The Morgan fingerprint density at radius 1 is 1.50 bits per heavy atom. The van der Waals surface area contributed by atoms with Crippen LogP contribution in [0.2, 0.25) is 0 Å². The van der Waals surface area contributed by atoms with Crippen LogP contribution in [0.25, 0.3) is 0 Å². The molecule has 18 heavy (non-hydrogen) atoms. The molecule has 2 rings (SSSR count). The number of fused-ring (bicyclic) bond motifs is 1. The lowest BCUT2D eigenvalue weighted by molar-refractivity contribution is -0.116. The molecule has 1 amide bonds. The summed E-state index contributed by atoms with van der Waals surface area (Å²) in [6.45, 7) is 3.40. The second-order valence-electron chi connectivity index (χ2n) is 4.00. The highest BCUT2D eigenvalue weighted by Gasteiger charge is 2.35. The molecule has 1 aromatic carbocycles. The summed E-state index contributed by atoms with van der Waals surface area (Å²) >= 11 is 0. The summed E-state index contributed by atoms with van der Waals surface area (Å²) in [4.78, 5) is 11.8. The first-order chi connectivity index (χ1) is 8.49. The zero-order valence-electron chi connectivity index (χ0n) is 10.0. The van der Waals surface area contributed by atoms with E-state index in [0.717, 1.165) is 15.6 Å². The Labute approximate surface area is 106 Å². The number of benzene rings is 1. The van der Waals surface area contributed by atoms with Crippen molar-refractivity contribution < 1.29 is 13.2 Å². The number of carbonyl (C=O) groups is 1. The minimum Gasteiger partial charge on any atom is -0.388 e. The summed E-state index contributed by atoms with van der Waals surface area (Å²) < 4.78 is 24.8. The van der Waals surface area contributed by atoms with Crippen molar-refractivity contribution in [2.75, 3.05) is 22.4 Å². The fourth-order valence-corrected chi connectivity index (χ4v) is 3.28.